The van der Waals surface area contributed by atoms with E-state index in [1.54, 1.807) is 55.5 Å². The minimum Gasteiger partial charge on any atom is -0.421 e. The number of amides is 1. The molecule has 0 saturated heterocycles. The third kappa shape index (κ3) is 4.19. The fourth-order valence-electron chi connectivity index (χ4n) is 1.97. The molecule has 2 aromatic rings. The molecule has 0 radical (unpaired) electrons. The smallest absolute Gasteiger partial charge is 0.360 e. The predicted molar refractivity (Wildman–Crippen MR) is 92.1 cm³/mol. The van der Waals surface area contributed by atoms with Crippen molar-refractivity contribution in [3.63, 3.8) is 0 Å². The monoisotopic (exact) mass is 326 g/mol. The lowest BCUT2D eigenvalue weighted by atomic mass is 10.1. The van der Waals surface area contributed by atoms with E-state index < -0.39 is 11.5 Å². The van der Waals surface area contributed by atoms with Crippen molar-refractivity contribution < 1.29 is 14.0 Å². The number of carbonyl (C=O) groups excluding carboxylic acids is 2. The van der Waals surface area contributed by atoms with Crippen molar-refractivity contribution in [3.8, 4) is 0 Å². The molecule has 6 heteroatoms. The molecule has 0 aliphatic heterocycles. The summed E-state index contributed by atoms with van der Waals surface area (Å²) in [4.78, 5) is 37.8. The first-order valence-corrected chi connectivity index (χ1v) is 7.28. The van der Waals surface area contributed by atoms with E-state index in [1.807, 2.05) is 0 Å². The highest BCUT2D eigenvalue weighted by Crippen LogP contribution is 2.15. The van der Waals surface area contributed by atoms with E-state index in [0.717, 1.165) is 0 Å². The van der Waals surface area contributed by atoms with E-state index in [0.29, 0.717) is 5.56 Å². The molecule has 1 amide bonds. The fourth-order valence-corrected chi connectivity index (χ4v) is 1.97. The highest BCUT2D eigenvalue weighted by molar-refractivity contribution is 6.05. The molecule has 0 aliphatic rings. The lowest BCUT2D eigenvalue weighted by Gasteiger charge is -2.08. The number of rotatable bonds is 5. The van der Waals surface area contributed by atoms with E-state index in [2.05, 4.69) is 5.32 Å². The number of anilines is 1. The standard InChI is InChI=1S/C18H18N2O4/c1-12(21)14-11-15(18(23)24-16(14)9-10-20(2)3)19-17(22)13-7-5-4-6-8-13/h4-11H,1-3H3,(H,19,22). The molecule has 1 aromatic heterocycles. The van der Waals surface area contributed by atoms with Crippen LogP contribution in [0.15, 0.2) is 51.8 Å². The van der Waals surface area contributed by atoms with Gasteiger partial charge in [-0.25, -0.2) is 4.79 Å². The number of carbonyl (C=O) groups is 2. The van der Waals surface area contributed by atoms with Gasteiger partial charge in [0.15, 0.2) is 5.78 Å². The maximum Gasteiger partial charge on any atom is 0.360 e. The molecule has 0 spiro atoms. The van der Waals surface area contributed by atoms with Gasteiger partial charge in [0.25, 0.3) is 5.91 Å². The summed E-state index contributed by atoms with van der Waals surface area (Å²) in [5, 5.41) is 2.48. The van der Waals surface area contributed by atoms with Gasteiger partial charge in [-0.3, -0.25) is 9.59 Å². The molecule has 124 valence electrons. The molecule has 6 nitrogen and oxygen atoms in total. The SMILES string of the molecule is CC(=O)c1cc(NC(=O)c2ccccc2)c(=O)oc1C=CN(C)C. The van der Waals surface area contributed by atoms with Crippen LogP contribution in [-0.2, 0) is 0 Å². The third-order valence-electron chi connectivity index (χ3n) is 3.16. The number of ketones is 1. The predicted octanol–water partition coefficient (Wildman–Crippen LogP) is 2.63. The Bertz CT molecular complexity index is 836. The lowest BCUT2D eigenvalue weighted by molar-refractivity contribution is 0.100. The average Bonchev–Trinajstić information content (AvgIpc) is 2.55. The van der Waals surface area contributed by atoms with E-state index in [9.17, 15) is 14.4 Å². The minimum absolute atomic E-state index is 0.0731. The summed E-state index contributed by atoms with van der Waals surface area (Å²) >= 11 is 0. The second kappa shape index (κ2) is 7.41. The van der Waals surface area contributed by atoms with E-state index >= 15 is 0 Å². The molecule has 0 unspecified atom stereocenters. The Morgan fingerprint density at radius 2 is 1.83 bits per heavy atom. The first-order valence-electron chi connectivity index (χ1n) is 7.28. The molecule has 24 heavy (non-hydrogen) atoms. The summed E-state index contributed by atoms with van der Waals surface area (Å²) in [5.74, 6) is -0.569. The number of nitrogens with zero attached hydrogens (tertiary/aromatic N) is 1. The van der Waals surface area contributed by atoms with E-state index in [4.69, 9.17) is 4.42 Å². The summed E-state index contributed by atoms with van der Waals surface area (Å²) in [6.45, 7) is 1.37. The number of Topliss-reactive ketones (excluding diaryl/α,β-unsaturated/α-hetero) is 1. The molecule has 2 rings (SSSR count). The van der Waals surface area contributed by atoms with Crippen LogP contribution < -0.4 is 10.9 Å². The zero-order chi connectivity index (χ0) is 17.7. The van der Waals surface area contributed by atoms with Gasteiger partial charge in [-0.2, -0.15) is 0 Å². The maximum absolute atomic E-state index is 12.2. The summed E-state index contributed by atoms with van der Waals surface area (Å²) in [5.41, 5.74) is -0.173. The summed E-state index contributed by atoms with van der Waals surface area (Å²) in [7, 11) is 3.60. The molecule has 0 atom stereocenters. The van der Waals surface area contributed by atoms with Crippen LogP contribution in [0.5, 0.6) is 0 Å². The zero-order valence-corrected chi connectivity index (χ0v) is 13.7. The molecule has 0 saturated carbocycles. The summed E-state index contributed by atoms with van der Waals surface area (Å²) < 4.78 is 5.18. The quantitative estimate of drug-likeness (QED) is 0.854. The van der Waals surface area contributed by atoms with E-state index in [1.165, 1.54) is 19.1 Å². The minimum atomic E-state index is -0.720. The van der Waals surface area contributed by atoms with Crippen LogP contribution >= 0.6 is 0 Å². The van der Waals surface area contributed by atoms with Gasteiger partial charge in [0.1, 0.15) is 11.4 Å². The van der Waals surface area contributed by atoms with Gasteiger partial charge in [-0.05, 0) is 31.2 Å². The fraction of sp³-hybridized carbons (Fsp3) is 0.167. The van der Waals surface area contributed by atoms with Gasteiger partial charge in [0.05, 0.1) is 5.56 Å². The Hall–Kier alpha value is -3.15. The Morgan fingerprint density at radius 1 is 1.17 bits per heavy atom. The van der Waals surface area contributed by atoms with Crippen molar-refractivity contribution in [3.05, 3.63) is 69.9 Å². The molecule has 1 aromatic carbocycles. The first kappa shape index (κ1) is 17.2. The zero-order valence-electron chi connectivity index (χ0n) is 13.7. The molecule has 0 bridgehead atoms. The number of nitrogens with one attached hydrogen (secondary N) is 1. The van der Waals surface area contributed by atoms with Crippen LogP contribution in [0.3, 0.4) is 0 Å². The van der Waals surface area contributed by atoms with Crippen molar-refractivity contribution in [1.29, 1.82) is 0 Å². The molecule has 1 N–H and O–H groups in total. The van der Waals surface area contributed by atoms with Gasteiger partial charge in [-0.15, -0.1) is 0 Å². The van der Waals surface area contributed by atoms with Crippen molar-refractivity contribution in [2.45, 2.75) is 6.92 Å². The highest BCUT2D eigenvalue weighted by Gasteiger charge is 2.15. The van der Waals surface area contributed by atoms with Crippen molar-refractivity contribution in [2.24, 2.45) is 0 Å². The van der Waals surface area contributed by atoms with Gasteiger partial charge in [0, 0.05) is 25.9 Å². The number of benzene rings is 1. The van der Waals surface area contributed by atoms with Gasteiger partial charge >= 0.3 is 5.63 Å². The van der Waals surface area contributed by atoms with Crippen LogP contribution in [0.1, 0.15) is 33.4 Å². The second-order valence-corrected chi connectivity index (χ2v) is 5.38. The molecule has 0 aliphatic carbocycles. The maximum atomic E-state index is 12.2. The van der Waals surface area contributed by atoms with Gasteiger partial charge in [0.2, 0.25) is 0 Å². The average molecular weight is 326 g/mol. The van der Waals surface area contributed by atoms with Crippen LogP contribution in [0.2, 0.25) is 0 Å². The largest absolute Gasteiger partial charge is 0.421 e. The second-order valence-electron chi connectivity index (χ2n) is 5.38. The Kier molecular flexibility index (Phi) is 5.31. The molecular formula is C18H18N2O4. The first-order chi connectivity index (χ1) is 11.4. The van der Waals surface area contributed by atoms with E-state index in [-0.39, 0.29) is 22.8 Å². The van der Waals surface area contributed by atoms with Crippen molar-refractivity contribution in [1.82, 2.24) is 4.90 Å². The number of hydrogen-bond acceptors (Lipinski definition) is 5. The van der Waals surface area contributed by atoms with Crippen LogP contribution in [0.4, 0.5) is 5.69 Å². The lowest BCUT2D eigenvalue weighted by Crippen LogP contribution is -2.19. The molecule has 0 fully saturated rings. The van der Waals surface area contributed by atoms with Gasteiger partial charge < -0.3 is 14.6 Å². The third-order valence-corrected chi connectivity index (χ3v) is 3.16. The van der Waals surface area contributed by atoms with Crippen molar-refractivity contribution >= 4 is 23.5 Å². The van der Waals surface area contributed by atoms with Crippen LogP contribution in [-0.4, -0.2) is 30.7 Å². The van der Waals surface area contributed by atoms with Crippen LogP contribution in [0, 0.1) is 0 Å². The van der Waals surface area contributed by atoms with Crippen LogP contribution in [0.25, 0.3) is 6.08 Å². The Labute approximate surface area is 139 Å². The van der Waals surface area contributed by atoms with Gasteiger partial charge in [-0.1, -0.05) is 18.2 Å². The Morgan fingerprint density at radius 3 is 2.42 bits per heavy atom. The topological polar surface area (TPSA) is 79.6 Å². The summed E-state index contributed by atoms with van der Waals surface area (Å²) in [6, 6.07) is 9.80. The van der Waals surface area contributed by atoms with Crippen molar-refractivity contribution in [2.75, 3.05) is 19.4 Å². The Balaban J connectivity index is 2.38. The highest BCUT2D eigenvalue weighted by atomic mass is 16.4. The number of hydrogen-bond donors (Lipinski definition) is 1. The molecule has 1 heterocycles. The molecular weight excluding hydrogens is 308 g/mol. The summed E-state index contributed by atoms with van der Waals surface area (Å²) in [6.07, 6.45) is 3.19. The normalized spacial score (nSPS) is 10.6.